The molecule has 0 saturated carbocycles. The Balaban J connectivity index is 1.73. The van der Waals surface area contributed by atoms with Crippen LogP contribution in [-0.4, -0.2) is 29.3 Å². The molecule has 4 rings (SSSR count). The van der Waals surface area contributed by atoms with Crippen molar-refractivity contribution in [1.82, 2.24) is 4.90 Å². The van der Waals surface area contributed by atoms with E-state index in [1.807, 2.05) is 6.07 Å². The molecule has 3 aromatic rings. The number of hydrogen-bond acceptors (Lipinski definition) is 3. The maximum Gasteiger partial charge on any atom is 0.263 e. The van der Waals surface area contributed by atoms with Crippen molar-refractivity contribution < 1.29 is 14.4 Å². The molecular formula is C22H14Br2N2O3. The number of carbonyl (C=O) groups excluding carboxylic acids is 3. The van der Waals surface area contributed by atoms with Crippen LogP contribution < -0.4 is 4.90 Å². The first-order chi connectivity index (χ1) is 14.0. The zero-order valence-electron chi connectivity index (χ0n) is 15.0. The van der Waals surface area contributed by atoms with Crippen molar-refractivity contribution in [3.63, 3.8) is 0 Å². The van der Waals surface area contributed by atoms with E-state index in [1.165, 1.54) is 4.90 Å². The van der Waals surface area contributed by atoms with E-state index in [0.717, 1.165) is 9.37 Å². The zero-order chi connectivity index (χ0) is 20.5. The molecular weight excluding hydrogens is 500 g/mol. The van der Waals surface area contributed by atoms with Crippen LogP contribution in [0, 0.1) is 0 Å². The first kappa shape index (κ1) is 19.5. The van der Waals surface area contributed by atoms with Crippen LogP contribution in [0.1, 0.15) is 31.1 Å². The predicted molar refractivity (Wildman–Crippen MR) is 117 cm³/mol. The van der Waals surface area contributed by atoms with Gasteiger partial charge >= 0.3 is 0 Å². The van der Waals surface area contributed by atoms with Crippen LogP contribution in [0.2, 0.25) is 0 Å². The molecule has 0 spiro atoms. The molecule has 0 saturated heterocycles. The quantitative estimate of drug-likeness (QED) is 0.455. The molecule has 1 heterocycles. The molecule has 0 fully saturated rings. The number of anilines is 1. The zero-order valence-corrected chi connectivity index (χ0v) is 18.2. The Morgan fingerprint density at radius 2 is 1.34 bits per heavy atom. The summed E-state index contributed by atoms with van der Waals surface area (Å²) in [6, 6.07) is 20.8. The Kier molecular flexibility index (Phi) is 5.34. The van der Waals surface area contributed by atoms with Gasteiger partial charge in [0.05, 0.1) is 16.8 Å². The Labute approximate surface area is 184 Å². The summed E-state index contributed by atoms with van der Waals surface area (Å²) in [5.41, 5.74) is 1.71. The minimum Gasteiger partial charge on any atom is -0.288 e. The highest BCUT2D eigenvalue weighted by atomic mass is 79.9. The van der Waals surface area contributed by atoms with E-state index in [1.54, 1.807) is 66.7 Å². The molecule has 0 radical (unpaired) electrons. The smallest absolute Gasteiger partial charge is 0.263 e. The standard InChI is InChI=1S/C22H14Br2N2O3/c23-15-11-9-14(10-12-15)20(27)25(19-8-4-3-7-18(19)24)13-26-21(28)16-5-1-2-6-17(16)22(26)29/h1-12H,13H2. The van der Waals surface area contributed by atoms with E-state index in [4.69, 9.17) is 0 Å². The molecule has 3 amide bonds. The summed E-state index contributed by atoms with van der Waals surface area (Å²) in [6.45, 7) is -0.191. The number of benzene rings is 3. The van der Waals surface area contributed by atoms with E-state index < -0.39 is 11.8 Å². The van der Waals surface area contributed by atoms with Crippen molar-refractivity contribution in [1.29, 1.82) is 0 Å². The van der Waals surface area contributed by atoms with Crippen LogP contribution >= 0.6 is 31.9 Å². The summed E-state index contributed by atoms with van der Waals surface area (Å²) in [5, 5.41) is 0. The average molecular weight is 514 g/mol. The molecule has 5 nitrogen and oxygen atoms in total. The average Bonchev–Trinajstić information content (AvgIpc) is 2.97. The second kappa shape index (κ2) is 7.93. The first-order valence-electron chi connectivity index (χ1n) is 8.74. The summed E-state index contributed by atoms with van der Waals surface area (Å²) in [5.74, 6) is -1.14. The fourth-order valence-electron chi connectivity index (χ4n) is 3.18. The number of carbonyl (C=O) groups is 3. The topological polar surface area (TPSA) is 57.7 Å². The largest absolute Gasteiger partial charge is 0.288 e. The number of rotatable bonds is 4. The molecule has 144 valence electrons. The highest BCUT2D eigenvalue weighted by Crippen LogP contribution is 2.30. The molecule has 0 aliphatic carbocycles. The van der Waals surface area contributed by atoms with Gasteiger partial charge in [0.2, 0.25) is 0 Å². The monoisotopic (exact) mass is 512 g/mol. The van der Waals surface area contributed by atoms with Gasteiger partial charge in [-0.25, -0.2) is 0 Å². The Bertz CT molecular complexity index is 1090. The fraction of sp³-hybridized carbons (Fsp3) is 0.0455. The third-order valence-electron chi connectivity index (χ3n) is 4.64. The lowest BCUT2D eigenvalue weighted by atomic mass is 10.1. The van der Waals surface area contributed by atoms with Crippen molar-refractivity contribution in [2.24, 2.45) is 0 Å². The van der Waals surface area contributed by atoms with E-state index in [-0.39, 0.29) is 12.6 Å². The molecule has 0 bridgehead atoms. The summed E-state index contributed by atoms with van der Waals surface area (Å²) in [7, 11) is 0. The van der Waals surface area contributed by atoms with Crippen LogP contribution in [0.25, 0.3) is 0 Å². The molecule has 0 atom stereocenters. The number of amides is 3. The lowest BCUT2D eigenvalue weighted by Crippen LogP contribution is -2.44. The summed E-state index contributed by atoms with van der Waals surface area (Å²) in [4.78, 5) is 41.5. The van der Waals surface area contributed by atoms with Crippen LogP contribution in [0.3, 0.4) is 0 Å². The van der Waals surface area contributed by atoms with Gasteiger partial charge < -0.3 is 0 Å². The highest BCUT2D eigenvalue weighted by Gasteiger charge is 2.37. The fourth-order valence-corrected chi connectivity index (χ4v) is 3.94. The number of halogens is 2. The van der Waals surface area contributed by atoms with E-state index >= 15 is 0 Å². The molecule has 0 aromatic heterocycles. The van der Waals surface area contributed by atoms with E-state index in [9.17, 15) is 14.4 Å². The normalized spacial score (nSPS) is 12.8. The van der Waals surface area contributed by atoms with Crippen LogP contribution in [0.4, 0.5) is 5.69 Å². The van der Waals surface area contributed by atoms with Crippen LogP contribution in [-0.2, 0) is 0 Å². The lowest BCUT2D eigenvalue weighted by Gasteiger charge is -2.28. The summed E-state index contributed by atoms with van der Waals surface area (Å²) in [6.07, 6.45) is 0. The van der Waals surface area contributed by atoms with Gasteiger partial charge in [0.1, 0.15) is 6.67 Å². The molecule has 1 aliphatic heterocycles. The van der Waals surface area contributed by atoms with Gasteiger partial charge in [0.25, 0.3) is 17.7 Å². The second-order valence-electron chi connectivity index (χ2n) is 6.42. The lowest BCUT2D eigenvalue weighted by molar-refractivity contribution is 0.0650. The number of nitrogens with zero attached hydrogens (tertiary/aromatic N) is 2. The van der Waals surface area contributed by atoms with Gasteiger partial charge in [0.15, 0.2) is 0 Å². The van der Waals surface area contributed by atoms with E-state index in [0.29, 0.717) is 26.9 Å². The molecule has 0 unspecified atom stereocenters. The number of fused-ring (bicyclic) bond motifs is 1. The number of imide groups is 1. The van der Waals surface area contributed by atoms with Crippen molar-refractivity contribution in [2.75, 3.05) is 11.6 Å². The minimum absolute atomic E-state index is 0.191. The van der Waals surface area contributed by atoms with Crippen LogP contribution in [0.15, 0.2) is 81.7 Å². The maximum absolute atomic E-state index is 13.3. The van der Waals surface area contributed by atoms with Crippen LogP contribution in [0.5, 0.6) is 0 Å². The third-order valence-corrected chi connectivity index (χ3v) is 5.84. The maximum atomic E-state index is 13.3. The minimum atomic E-state index is -0.411. The Hall–Kier alpha value is -2.77. The van der Waals surface area contributed by atoms with Gasteiger partial charge in [-0.3, -0.25) is 24.2 Å². The Morgan fingerprint density at radius 3 is 1.93 bits per heavy atom. The molecule has 3 aromatic carbocycles. The molecule has 0 N–H and O–H groups in total. The number of hydrogen-bond donors (Lipinski definition) is 0. The van der Waals surface area contributed by atoms with E-state index in [2.05, 4.69) is 31.9 Å². The first-order valence-corrected chi connectivity index (χ1v) is 10.3. The molecule has 1 aliphatic rings. The van der Waals surface area contributed by atoms with Crippen molar-refractivity contribution in [3.05, 3.63) is 98.4 Å². The molecule has 29 heavy (non-hydrogen) atoms. The summed E-state index contributed by atoms with van der Waals surface area (Å²) < 4.78 is 1.53. The highest BCUT2D eigenvalue weighted by molar-refractivity contribution is 9.10. The van der Waals surface area contributed by atoms with Gasteiger partial charge in [0, 0.05) is 14.5 Å². The summed E-state index contributed by atoms with van der Waals surface area (Å²) >= 11 is 6.83. The van der Waals surface area contributed by atoms with Gasteiger partial charge in [-0.15, -0.1) is 0 Å². The number of para-hydroxylation sites is 1. The van der Waals surface area contributed by atoms with Crippen molar-refractivity contribution >= 4 is 55.3 Å². The Morgan fingerprint density at radius 1 is 0.793 bits per heavy atom. The van der Waals surface area contributed by atoms with Gasteiger partial charge in [-0.2, -0.15) is 0 Å². The molecule has 7 heteroatoms. The predicted octanol–water partition coefficient (Wildman–Crippen LogP) is 5.11. The van der Waals surface area contributed by atoms with Crippen molar-refractivity contribution in [2.45, 2.75) is 0 Å². The second-order valence-corrected chi connectivity index (χ2v) is 8.19. The third kappa shape index (κ3) is 3.63. The van der Waals surface area contributed by atoms with Crippen molar-refractivity contribution in [3.8, 4) is 0 Å². The van der Waals surface area contributed by atoms with Gasteiger partial charge in [-0.1, -0.05) is 40.2 Å². The van der Waals surface area contributed by atoms with Gasteiger partial charge in [-0.05, 0) is 64.5 Å². The SMILES string of the molecule is O=C1c2ccccc2C(=O)N1CN(C(=O)c1ccc(Br)cc1)c1ccccc1Br.